The fourth-order valence-electron chi connectivity index (χ4n) is 1.40. The van der Waals surface area contributed by atoms with Gasteiger partial charge in [0.15, 0.2) is 0 Å². The van der Waals surface area contributed by atoms with Crippen LogP contribution in [0.15, 0.2) is 24.3 Å². The van der Waals surface area contributed by atoms with Crippen LogP contribution < -0.4 is 10.5 Å². The smallest absolute Gasteiger partial charge is 0.225 e. The van der Waals surface area contributed by atoms with E-state index in [0.29, 0.717) is 41.8 Å². The van der Waals surface area contributed by atoms with E-state index >= 15 is 0 Å². The first kappa shape index (κ1) is 15.7. The largest absolute Gasteiger partial charge is 0.491 e. The van der Waals surface area contributed by atoms with Gasteiger partial charge in [-0.3, -0.25) is 4.79 Å². The minimum atomic E-state index is -0.0108. The second-order valence-corrected chi connectivity index (χ2v) is 4.99. The zero-order valence-corrected chi connectivity index (χ0v) is 12.3. The van der Waals surface area contributed by atoms with Crippen LogP contribution in [0, 0.1) is 0 Å². The number of thiocarbonyl (C=S) groups is 1. The Kier molecular flexibility index (Phi) is 6.59. The minimum Gasteiger partial charge on any atom is -0.491 e. The van der Waals surface area contributed by atoms with Crippen LogP contribution in [-0.4, -0.2) is 36.0 Å². The number of amides is 1. The summed E-state index contributed by atoms with van der Waals surface area (Å²) in [4.78, 5) is 13.8. The summed E-state index contributed by atoms with van der Waals surface area (Å²) in [7, 11) is 1.72. The Balaban J connectivity index is 2.31. The number of ether oxygens (including phenoxy) is 1. The third kappa shape index (κ3) is 5.89. The second-order valence-electron chi connectivity index (χ2n) is 4.06. The fraction of sp³-hybridized carbons (Fsp3) is 0.385. The number of para-hydroxylation sites is 1. The van der Waals surface area contributed by atoms with E-state index in [1.807, 2.05) is 12.1 Å². The van der Waals surface area contributed by atoms with E-state index in [4.69, 9.17) is 34.3 Å². The number of carbonyl (C=O) groups excluding carboxylic acids is 1. The molecule has 0 atom stereocenters. The molecule has 19 heavy (non-hydrogen) atoms. The second kappa shape index (κ2) is 7.96. The quantitative estimate of drug-likeness (QED) is 0.785. The van der Waals surface area contributed by atoms with Gasteiger partial charge in [0, 0.05) is 20.0 Å². The Morgan fingerprint density at radius 2 is 2.11 bits per heavy atom. The molecule has 104 valence electrons. The predicted molar refractivity (Wildman–Crippen MR) is 80.6 cm³/mol. The molecule has 0 bridgehead atoms. The molecule has 1 rings (SSSR count). The molecule has 0 heterocycles. The molecule has 0 aliphatic heterocycles. The van der Waals surface area contributed by atoms with Crippen LogP contribution in [0.3, 0.4) is 0 Å². The Morgan fingerprint density at radius 1 is 1.42 bits per heavy atom. The molecule has 0 fully saturated rings. The molecule has 4 nitrogen and oxygen atoms in total. The minimum absolute atomic E-state index is 0.0108. The molecule has 0 aromatic heterocycles. The highest BCUT2D eigenvalue weighted by Gasteiger charge is 2.09. The lowest BCUT2D eigenvalue weighted by molar-refractivity contribution is -0.130. The van der Waals surface area contributed by atoms with Gasteiger partial charge in [-0.25, -0.2) is 0 Å². The number of carbonyl (C=O) groups is 1. The van der Waals surface area contributed by atoms with Gasteiger partial charge in [-0.2, -0.15) is 0 Å². The molecule has 0 unspecified atom stereocenters. The van der Waals surface area contributed by atoms with Crippen LogP contribution in [0.5, 0.6) is 5.75 Å². The molecule has 0 saturated heterocycles. The van der Waals surface area contributed by atoms with Gasteiger partial charge >= 0.3 is 0 Å². The Labute approximate surface area is 123 Å². The number of nitrogens with zero attached hydrogens (tertiary/aromatic N) is 1. The molecule has 1 aromatic carbocycles. The average molecular weight is 301 g/mol. The van der Waals surface area contributed by atoms with Crippen molar-refractivity contribution in [2.75, 3.05) is 20.2 Å². The third-order valence-electron chi connectivity index (χ3n) is 2.53. The molecule has 1 amide bonds. The number of benzene rings is 1. The van der Waals surface area contributed by atoms with Gasteiger partial charge in [0.25, 0.3) is 0 Å². The lowest BCUT2D eigenvalue weighted by Gasteiger charge is -2.17. The summed E-state index contributed by atoms with van der Waals surface area (Å²) in [6.45, 7) is 0.820. The van der Waals surface area contributed by atoms with Crippen LogP contribution in [0.2, 0.25) is 5.02 Å². The monoisotopic (exact) mass is 300 g/mol. The lowest BCUT2D eigenvalue weighted by Crippen LogP contribution is -2.30. The predicted octanol–water partition coefficient (Wildman–Crippen LogP) is 2.24. The third-order valence-corrected chi connectivity index (χ3v) is 3.05. The van der Waals surface area contributed by atoms with Crippen molar-refractivity contribution < 1.29 is 9.53 Å². The number of hydrogen-bond acceptors (Lipinski definition) is 3. The molecule has 0 spiro atoms. The van der Waals surface area contributed by atoms with Gasteiger partial charge in [-0.05, 0) is 12.1 Å². The SMILES string of the molecule is CN(CCC(N)=S)C(=O)CCOc1ccccc1Cl. The standard InChI is InChI=1S/C13H17ClN2O2S/c1-16(8-6-12(15)19)13(17)7-9-18-11-5-3-2-4-10(11)14/h2-5H,6-9H2,1H3,(H2,15,19). The van der Waals surface area contributed by atoms with Crippen molar-refractivity contribution in [1.29, 1.82) is 0 Å². The van der Waals surface area contributed by atoms with E-state index in [1.54, 1.807) is 24.1 Å². The molecule has 0 aliphatic rings. The van der Waals surface area contributed by atoms with E-state index < -0.39 is 0 Å². The van der Waals surface area contributed by atoms with Crippen LogP contribution >= 0.6 is 23.8 Å². The van der Waals surface area contributed by atoms with E-state index in [0.717, 1.165) is 0 Å². The van der Waals surface area contributed by atoms with Crippen LogP contribution in [-0.2, 0) is 4.79 Å². The summed E-state index contributed by atoms with van der Waals surface area (Å²) in [5.41, 5.74) is 5.39. The first-order valence-electron chi connectivity index (χ1n) is 5.90. The molecule has 0 radical (unpaired) electrons. The normalized spacial score (nSPS) is 10.0. The highest BCUT2D eigenvalue weighted by molar-refractivity contribution is 7.80. The van der Waals surface area contributed by atoms with Crippen molar-refractivity contribution in [3.8, 4) is 5.75 Å². The molecular formula is C13H17ClN2O2S. The number of halogens is 1. The average Bonchev–Trinajstić information content (AvgIpc) is 2.38. The molecular weight excluding hydrogens is 284 g/mol. The first-order chi connectivity index (χ1) is 9.00. The van der Waals surface area contributed by atoms with Crippen molar-refractivity contribution in [2.45, 2.75) is 12.8 Å². The van der Waals surface area contributed by atoms with Gasteiger partial charge in [0.05, 0.1) is 23.0 Å². The van der Waals surface area contributed by atoms with E-state index in [2.05, 4.69) is 0 Å². The molecule has 0 aliphatic carbocycles. The van der Waals surface area contributed by atoms with Gasteiger partial charge in [-0.1, -0.05) is 36.0 Å². The maximum absolute atomic E-state index is 11.8. The molecule has 0 saturated carbocycles. The highest BCUT2D eigenvalue weighted by Crippen LogP contribution is 2.23. The van der Waals surface area contributed by atoms with Crippen molar-refractivity contribution >= 4 is 34.7 Å². The number of nitrogens with two attached hydrogens (primary N) is 1. The summed E-state index contributed by atoms with van der Waals surface area (Å²) in [5, 5.41) is 0.539. The van der Waals surface area contributed by atoms with Gasteiger partial charge in [-0.15, -0.1) is 0 Å². The summed E-state index contributed by atoms with van der Waals surface area (Å²) >= 11 is 10.7. The Hall–Kier alpha value is -1.33. The maximum atomic E-state index is 11.8. The molecule has 2 N–H and O–H groups in total. The first-order valence-corrected chi connectivity index (χ1v) is 6.69. The maximum Gasteiger partial charge on any atom is 0.225 e. The lowest BCUT2D eigenvalue weighted by atomic mass is 10.3. The van der Waals surface area contributed by atoms with E-state index in [9.17, 15) is 4.79 Å². The highest BCUT2D eigenvalue weighted by atomic mass is 35.5. The number of rotatable bonds is 7. The zero-order chi connectivity index (χ0) is 14.3. The molecule has 6 heteroatoms. The van der Waals surface area contributed by atoms with Gasteiger partial charge < -0.3 is 15.4 Å². The Bertz CT molecular complexity index is 454. The number of hydrogen-bond donors (Lipinski definition) is 1. The van der Waals surface area contributed by atoms with Gasteiger partial charge in [0.1, 0.15) is 5.75 Å². The fourth-order valence-corrected chi connectivity index (χ4v) is 1.69. The summed E-state index contributed by atoms with van der Waals surface area (Å²) < 4.78 is 5.45. The van der Waals surface area contributed by atoms with Gasteiger partial charge in [0.2, 0.25) is 5.91 Å². The van der Waals surface area contributed by atoms with Crippen LogP contribution in [0.4, 0.5) is 0 Å². The van der Waals surface area contributed by atoms with Crippen molar-refractivity contribution in [2.24, 2.45) is 5.73 Å². The Morgan fingerprint density at radius 3 is 2.74 bits per heavy atom. The zero-order valence-electron chi connectivity index (χ0n) is 10.8. The van der Waals surface area contributed by atoms with Crippen molar-refractivity contribution in [3.05, 3.63) is 29.3 Å². The van der Waals surface area contributed by atoms with E-state index in [1.165, 1.54) is 0 Å². The van der Waals surface area contributed by atoms with Crippen LogP contribution in [0.1, 0.15) is 12.8 Å². The van der Waals surface area contributed by atoms with Crippen LogP contribution in [0.25, 0.3) is 0 Å². The summed E-state index contributed by atoms with van der Waals surface area (Å²) in [6, 6.07) is 7.16. The van der Waals surface area contributed by atoms with Crippen molar-refractivity contribution in [3.63, 3.8) is 0 Å². The van der Waals surface area contributed by atoms with Crippen molar-refractivity contribution in [1.82, 2.24) is 4.90 Å². The summed E-state index contributed by atoms with van der Waals surface area (Å²) in [5.74, 6) is 0.575. The topological polar surface area (TPSA) is 55.6 Å². The van der Waals surface area contributed by atoms with E-state index in [-0.39, 0.29) is 5.91 Å². The summed E-state index contributed by atoms with van der Waals surface area (Å²) in [6.07, 6.45) is 0.821. The molecule has 1 aromatic rings.